The van der Waals surface area contributed by atoms with E-state index in [1.807, 2.05) is 6.92 Å². The van der Waals surface area contributed by atoms with Gasteiger partial charge in [-0.3, -0.25) is 4.79 Å². The number of esters is 1. The molecular formula is C13H17FO2. The first kappa shape index (κ1) is 12.7. The Balaban J connectivity index is 2.84. The summed E-state index contributed by atoms with van der Waals surface area (Å²) in [5.74, 6) is -0.788. The van der Waals surface area contributed by atoms with Gasteiger partial charge < -0.3 is 4.74 Å². The summed E-state index contributed by atoms with van der Waals surface area (Å²) in [6.45, 7) is 4.17. The topological polar surface area (TPSA) is 26.3 Å². The molecule has 1 unspecified atom stereocenters. The van der Waals surface area contributed by atoms with Crippen LogP contribution in [0.2, 0.25) is 0 Å². The van der Waals surface area contributed by atoms with Crippen molar-refractivity contribution in [3.05, 3.63) is 35.6 Å². The highest BCUT2D eigenvalue weighted by atomic mass is 19.1. The van der Waals surface area contributed by atoms with E-state index in [0.717, 1.165) is 18.4 Å². The van der Waals surface area contributed by atoms with E-state index in [9.17, 15) is 9.18 Å². The number of rotatable bonds is 5. The molecule has 0 bridgehead atoms. The van der Waals surface area contributed by atoms with Gasteiger partial charge in [-0.05, 0) is 31.0 Å². The standard InChI is InChI=1S/C13H17FO2/c1-3-5-12(13(15)16-4-2)10-6-8-11(14)9-7-10/h6-9,12H,3-5H2,1-2H3. The molecule has 0 aliphatic carbocycles. The lowest BCUT2D eigenvalue weighted by Crippen LogP contribution is -2.15. The van der Waals surface area contributed by atoms with E-state index >= 15 is 0 Å². The molecule has 1 aromatic rings. The van der Waals surface area contributed by atoms with Crippen LogP contribution in [0.25, 0.3) is 0 Å². The highest BCUT2D eigenvalue weighted by molar-refractivity contribution is 5.78. The highest BCUT2D eigenvalue weighted by Crippen LogP contribution is 2.23. The van der Waals surface area contributed by atoms with Crippen molar-refractivity contribution in [2.45, 2.75) is 32.6 Å². The van der Waals surface area contributed by atoms with E-state index in [2.05, 4.69) is 0 Å². The van der Waals surface area contributed by atoms with Crippen LogP contribution >= 0.6 is 0 Å². The van der Waals surface area contributed by atoms with Gasteiger partial charge in [0.25, 0.3) is 0 Å². The Hall–Kier alpha value is -1.38. The lowest BCUT2D eigenvalue weighted by molar-refractivity contribution is -0.145. The molecule has 0 spiro atoms. The van der Waals surface area contributed by atoms with Gasteiger partial charge in [0.15, 0.2) is 0 Å². The third-order valence-corrected chi connectivity index (χ3v) is 2.42. The number of benzene rings is 1. The first-order valence-electron chi connectivity index (χ1n) is 5.61. The zero-order valence-corrected chi connectivity index (χ0v) is 9.70. The molecule has 1 atom stereocenters. The van der Waals surface area contributed by atoms with Crippen molar-refractivity contribution in [2.75, 3.05) is 6.61 Å². The summed E-state index contributed by atoms with van der Waals surface area (Å²) in [6.07, 6.45) is 1.62. The van der Waals surface area contributed by atoms with Crippen molar-refractivity contribution >= 4 is 5.97 Å². The van der Waals surface area contributed by atoms with Crippen LogP contribution in [0.15, 0.2) is 24.3 Å². The van der Waals surface area contributed by atoms with Crippen LogP contribution in [0.4, 0.5) is 4.39 Å². The molecule has 16 heavy (non-hydrogen) atoms. The summed E-state index contributed by atoms with van der Waals surface area (Å²) in [6, 6.07) is 6.04. The van der Waals surface area contributed by atoms with Crippen LogP contribution in [0.1, 0.15) is 38.2 Å². The Bertz CT molecular complexity index is 332. The van der Waals surface area contributed by atoms with Gasteiger partial charge in [-0.1, -0.05) is 25.5 Å². The van der Waals surface area contributed by atoms with Crippen molar-refractivity contribution < 1.29 is 13.9 Å². The van der Waals surface area contributed by atoms with Crippen LogP contribution in [-0.2, 0) is 9.53 Å². The summed E-state index contributed by atoms with van der Waals surface area (Å²) < 4.78 is 17.8. The number of halogens is 1. The fourth-order valence-corrected chi connectivity index (χ4v) is 1.65. The largest absolute Gasteiger partial charge is 0.466 e. The highest BCUT2D eigenvalue weighted by Gasteiger charge is 2.20. The van der Waals surface area contributed by atoms with Crippen LogP contribution in [0.3, 0.4) is 0 Å². The normalized spacial score (nSPS) is 12.2. The second-order valence-corrected chi connectivity index (χ2v) is 3.64. The van der Waals surface area contributed by atoms with Crippen LogP contribution in [0, 0.1) is 5.82 Å². The average molecular weight is 224 g/mol. The third kappa shape index (κ3) is 3.33. The SMILES string of the molecule is CCCC(C(=O)OCC)c1ccc(F)cc1. The molecule has 0 amide bonds. The van der Waals surface area contributed by atoms with Crippen molar-refractivity contribution in [1.29, 1.82) is 0 Å². The van der Waals surface area contributed by atoms with Crippen molar-refractivity contribution in [1.82, 2.24) is 0 Å². The zero-order valence-electron chi connectivity index (χ0n) is 9.70. The molecule has 1 rings (SSSR count). The van der Waals surface area contributed by atoms with Gasteiger partial charge in [-0.25, -0.2) is 4.39 Å². The molecule has 0 saturated heterocycles. The Morgan fingerprint density at radius 2 is 1.94 bits per heavy atom. The lowest BCUT2D eigenvalue weighted by Gasteiger charge is -2.14. The van der Waals surface area contributed by atoms with Crippen molar-refractivity contribution in [2.24, 2.45) is 0 Å². The van der Waals surface area contributed by atoms with Gasteiger partial charge in [0.2, 0.25) is 0 Å². The van der Waals surface area contributed by atoms with E-state index in [1.165, 1.54) is 12.1 Å². The predicted octanol–water partition coefficient (Wildman–Crippen LogP) is 3.27. The van der Waals surface area contributed by atoms with Gasteiger partial charge >= 0.3 is 5.97 Å². The minimum atomic E-state index is -0.289. The van der Waals surface area contributed by atoms with Gasteiger partial charge in [-0.15, -0.1) is 0 Å². The van der Waals surface area contributed by atoms with E-state index in [1.54, 1.807) is 19.1 Å². The molecule has 0 heterocycles. The fraction of sp³-hybridized carbons (Fsp3) is 0.462. The monoisotopic (exact) mass is 224 g/mol. The predicted molar refractivity (Wildman–Crippen MR) is 60.7 cm³/mol. The summed E-state index contributed by atoms with van der Waals surface area (Å²) in [4.78, 5) is 11.7. The van der Waals surface area contributed by atoms with Crippen LogP contribution < -0.4 is 0 Å². The second kappa shape index (κ2) is 6.26. The second-order valence-electron chi connectivity index (χ2n) is 3.64. The molecule has 0 aliphatic heterocycles. The summed E-state index contributed by atoms with van der Waals surface area (Å²) in [5.41, 5.74) is 0.821. The first-order valence-corrected chi connectivity index (χ1v) is 5.61. The number of carbonyl (C=O) groups is 1. The molecule has 88 valence electrons. The minimum absolute atomic E-state index is 0.226. The third-order valence-electron chi connectivity index (χ3n) is 2.42. The van der Waals surface area contributed by atoms with Gasteiger partial charge in [0.05, 0.1) is 12.5 Å². The maximum absolute atomic E-state index is 12.8. The number of ether oxygens (including phenoxy) is 1. The van der Waals surface area contributed by atoms with Gasteiger partial charge in [0.1, 0.15) is 5.82 Å². The minimum Gasteiger partial charge on any atom is -0.466 e. The quantitative estimate of drug-likeness (QED) is 0.717. The van der Waals surface area contributed by atoms with Gasteiger partial charge in [-0.2, -0.15) is 0 Å². The molecule has 2 nitrogen and oxygen atoms in total. The van der Waals surface area contributed by atoms with E-state index in [-0.39, 0.29) is 17.7 Å². The average Bonchev–Trinajstić information content (AvgIpc) is 2.28. The summed E-state index contributed by atoms with van der Waals surface area (Å²) >= 11 is 0. The smallest absolute Gasteiger partial charge is 0.313 e. The number of carbonyl (C=O) groups excluding carboxylic acids is 1. The van der Waals surface area contributed by atoms with Crippen molar-refractivity contribution in [3.63, 3.8) is 0 Å². The van der Waals surface area contributed by atoms with Crippen LogP contribution in [0.5, 0.6) is 0 Å². The number of hydrogen-bond acceptors (Lipinski definition) is 2. The Morgan fingerprint density at radius 3 is 2.44 bits per heavy atom. The molecule has 1 aromatic carbocycles. The van der Waals surface area contributed by atoms with E-state index in [4.69, 9.17) is 4.74 Å². The molecule has 0 aromatic heterocycles. The maximum Gasteiger partial charge on any atom is 0.313 e. The molecule has 0 fully saturated rings. The van der Waals surface area contributed by atoms with E-state index < -0.39 is 0 Å². The summed E-state index contributed by atoms with van der Waals surface area (Å²) in [5, 5.41) is 0. The zero-order chi connectivity index (χ0) is 12.0. The Morgan fingerprint density at radius 1 is 1.31 bits per heavy atom. The fourth-order valence-electron chi connectivity index (χ4n) is 1.65. The lowest BCUT2D eigenvalue weighted by atomic mass is 9.94. The molecular weight excluding hydrogens is 207 g/mol. The molecule has 3 heteroatoms. The first-order chi connectivity index (χ1) is 7.69. The van der Waals surface area contributed by atoms with Crippen LogP contribution in [-0.4, -0.2) is 12.6 Å². The Labute approximate surface area is 95.4 Å². The summed E-state index contributed by atoms with van der Waals surface area (Å²) in [7, 11) is 0. The molecule has 0 aliphatic rings. The molecule has 0 N–H and O–H groups in total. The van der Waals surface area contributed by atoms with E-state index in [0.29, 0.717) is 6.61 Å². The number of hydrogen-bond donors (Lipinski definition) is 0. The van der Waals surface area contributed by atoms with Gasteiger partial charge in [0, 0.05) is 0 Å². The van der Waals surface area contributed by atoms with Crippen molar-refractivity contribution in [3.8, 4) is 0 Å². The maximum atomic E-state index is 12.8. The molecule has 0 saturated carbocycles. The molecule has 0 radical (unpaired) electrons. The Kier molecular flexibility index (Phi) is 4.96.